The molecule has 1 aliphatic rings. The minimum Gasteiger partial charge on any atom is -0.426 e. The number of hydrogen-bond donors (Lipinski definition) is 0. The van der Waals surface area contributed by atoms with Gasteiger partial charge in [0.1, 0.15) is 5.75 Å². The standard InChI is InChI=1S/C27H45NO2/c1-4-7-8-9-10-11-12-13-17-27(29)30-26-16-14-15-23-18-19-24(22-25(23)26)28(20-5-2)21-6-3/h14-16,24H,4-13,17-22H2,1-3H3. The molecule has 0 N–H and O–H groups in total. The first-order chi connectivity index (χ1) is 14.7. The van der Waals surface area contributed by atoms with Crippen LogP contribution < -0.4 is 4.74 Å². The maximum atomic E-state index is 12.5. The third kappa shape index (κ3) is 8.41. The molecule has 0 spiro atoms. The Hall–Kier alpha value is -1.35. The molecular formula is C27H45NO2. The minimum atomic E-state index is -0.0597. The number of hydrogen-bond acceptors (Lipinski definition) is 3. The third-order valence-corrected chi connectivity index (χ3v) is 6.41. The fourth-order valence-electron chi connectivity index (χ4n) is 4.77. The van der Waals surface area contributed by atoms with Crippen LogP contribution >= 0.6 is 0 Å². The number of carbonyl (C=O) groups is 1. The Bertz CT molecular complexity index is 607. The lowest BCUT2D eigenvalue weighted by Crippen LogP contribution is -2.40. The molecule has 1 aromatic rings. The van der Waals surface area contributed by atoms with Crippen LogP contribution in [0.4, 0.5) is 0 Å². The van der Waals surface area contributed by atoms with Gasteiger partial charge < -0.3 is 9.64 Å². The number of nitrogens with zero attached hydrogens (tertiary/aromatic N) is 1. The van der Waals surface area contributed by atoms with Gasteiger partial charge in [-0.1, -0.05) is 77.8 Å². The number of unbranched alkanes of at least 4 members (excludes halogenated alkanes) is 7. The minimum absolute atomic E-state index is 0.0597. The number of carbonyl (C=O) groups excluding carboxylic acids is 1. The molecule has 0 bridgehead atoms. The second-order valence-corrected chi connectivity index (χ2v) is 9.03. The zero-order valence-corrected chi connectivity index (χ0v) is 19.9. The predicted molar refractivity (Wildman–Crippen MR) is 127 cm³/mol. The molecular weight excluding hydrogens is 370 g/mol. The van der Waals surface area contributed by atoms with Gasteiger partial charge in [0, 0.05) is 12.5 Å². The molecule has 1 atom stereocenters. The normalized spacial score (nSPS) is 15.9. The van der Waals surface area contributed by atoms with Gasteiger partial charge in [-0.3, -0.25) is 4.79 Å². The van der Waals surface area contributed by atoms with E-state index in [1.54, 1.807) is 0 Å². The quantitative estimate of drug-likeness (QED) is 0.174. The fraction of sp³-hybridized carbons (Fsp3) is 0.741. The summed E-state index contributed by atoms with van der Waals surface area (Å²) in [6.45, 7) is 9.10. The van der Waals surface area contributed by atoms with Crippen LogP contribution in [0.3, 0.4) is 0 Å². The third-order valence-electron chi connectivity index (χ3n) is 6.41. The molecule has 1 aliphatic carbocycles. The Labute approximate surface area is 185 Å². The molecule has 0 heterocycles. The molecule has 1 aromatic carbocycles. The summed E-state index contributed by atoms with van der Waals surface area (Å²) in [5, 5.41) is 0. The van der Waals surface area contributed by atoms with Crippen molar-refractivity contribution < 1.29 is 9.53 Å². The van der Waals surface area contributed by atoms with Crippen molar-refractivity contribution in [2.24, 2.45) is 0 Å². The van der Waals surface area contributed by atoms with Gasteiger partial charge in [-0.05, 0) is 68.8 Å². The number of aryl methyl sites for hydroxylation is 1. The lowest BCUT2D eigenvalue weighted by Gasteiger charge is -2.35. The summed E-state index contributed by atoms with van der Waals surface area (Å²) in [6.07, 6.45) is 16.2. The van der Waals surface area contributed by atoms with Crippen molar-refractivity contribution >= 4 is 5.97 Å². The van der Waals surface area contributed by atoms with E-state index in [-0.39, 0.29) is 5.97 Å². The molecule has 1 unspecified atom stereocenters. The van der Waals surface area contributed by atoms with Gasteiger partial charge in [0.25, 0.3) is 0 Å². The zero-order valence-electron chi connectivity index (χ0n) is 19.9. The zero-order chi connectivity index (χ0) is 21.6. The fourth-order valence-corrected chi connectivity index (χ4v) is 4.77. The summed E-state index contributed by atoms with van der Waals surface area (Å²) in [4.78, 5) is 15.1. The first-order valence-corrected chi connectivity index (χ1v) is 12.7. The van der Waals surface area contributed by atoms with Crippen molar-refractivity contribution in [2.75, 3.05) is 13.1 Å². The van der Waals surface area contributed by atoms with Gasteiger partial charge >= 0.3 is 5.97 Å². The van der Waals surface area contributed by atoms with Crippen LogP contribution in [0.5, 0.6) is 5.75 Å². The van der Waals surface area contributed by atoms with E-state index in [9.17, 15) is 4.79 Å². The first kappa shape index (κ1) is 24.9. The van der Waals surface area contributed by atoms with Crippen LogP contribution in [0.2, 0.25) is 0 Å². The smallest absolute Gasteiger partial charge is 0.311 e. The number of rotatable bonds is 15. The maximum Gasteiger partial charge on any atom is 0.311 e. The van der Waals surface area contributed by atoms with Crippen LogP contribution in [0, 0.1) is 0 Å². The topological polar surface area (TPSA) is 29.5 Å². The van der Waals surface area contributed by atoms with Crippen LogP contribution in [0.15, 0.2) is 18.2 Å². The van der Waals surface area contributed by atoms with E-state index in [0.717, 1.165) is 44.5 Å². The van der Waals surface area contributed by atoms with Crippen molar-refractivity contribution in [3.05, 3.63) is 29.3 Å². The lowest BCUT2D eigenvalue weighted by molar-refractivity contribution is -0.134. The second kappa shape index (κ2) is 14.6. The molecule has 30 heavy (non-hydrogen) atoms. The van der Waals surface area contributed by atoms with Gasteiger partial charge in [-0.25, -0.2) is 0 Å². The van der Waals surface area contributed by atoms with Crippen molar-refractivity contribution in [1.82, 2.24) is 4.90 Å². The van der Waals surface area contributed by atoms with Gasteiger partial charge in [0.2, 0.25) is 0 Å². The molecule has 3 nitrogen and oxygen atoms in total. The van der Waals surface area contributed by atoms with E-state index in [1.807, 2.05) is 12.1 Å². The number of fused-ring (bicyclic) bond motifs is 1. The lowest BCUT2D eigenvalue weighted by atomic mass is 9.86. The van der Waals surface area contributed by atoms with E-state index in [2.05, 4.69) is 31.7 Å². The van der Waals surface area contributed by atoms with Gasteiger partial charge in [0.05, 0.1) is 0 Å². The highest BCUT2D eigenvalue weighted by atomic mass is 16.5. The molecule has 0 aromatic heterocycles. The van der Waals surface area contributed by atoms with E-state index in [1.165, 1.54) is 68.9 Å². The van der Waals surface area contributed by atoms with E-state index >= 15 is 0 Å². The second-order valence-electron chi connectivity index (χ2n) is 9.03. The summed E-state index contributed by atoms with van der Waals surface area (Å²) in [7, 11) is 0. The molecule has 3 heteroatoms. The van der Waals surface area contributed by atoms with Crippen LogP contribution in [-0.2, 0) is 17.6 Å². The average molecular weight is 416 g/mol. The highest BCUT2D eigenvalue weighted by Crippen LogP contribution is 2.32. The molecule has 170 valence electrons. The largest absolute Gasteiger partial charge is 0.426 e. The summed E-state index contributed by atoms with van der Waals surface area (Å²) >= 11 is 0. The number of ether oxygens (including phenoxy) is 1. The molecule has 0 saturated heterocycles. The first-order valence-electron chi connectivity index (χ1n) is 12.7. The van der Waals surface area contributed by atoms with Gasteiger partial charge in [-0.15, -0.1) is 0 Å². The van der Waals surface area contributed by atoms with Gasteiger partial charge in [-0.2, -0.15) is 0 Å². The van der Waals surface area contributed by atoms with Crippen molar-refractivity contribution in [3.8, 4) is 5.75 Å². The summed E-state index contributed by atoms with van der Waals surface area (Å²) in [5.74, 6) is 0.755. The molecule has 0 amide bonds. The Kier molecular flexibility index (Phi) is 12.1. The molecule has 0 radical (unpaired) electrons. The molecule has 0 aliphatic heterocycles. The molecule has 2 rings (SSSR count). The highest BCUT2D eigenvalue weighted by molar-refractivity contribution is 5.73. The highest BCUT2D eigenvalue weighted by Gasteiger charge is 2.26. The van der Waals surface area contributed by atoms with Gasteiger partial charge in [0.15, 0.2) is 0 Å². The Balaban J connectivity index is 1.82. The monoisotopic (exact) mass is 415 g/mol. The molecule has 0 saturated carbocycles. The SMILES string of the molecule is CCCCCCCCCCC(=O)Oc1cccc2c1CC(N(CCC)CCC)CC2. The number of esters is 1. The average Bonchev–Trinajstić information content (AvgIpc) is 2.75. The number of benzene rings is 1. The summed E-state index contributed by atoms with van der Waals surface area (Å²) in [5.41, 5.74) is 2.65. The Morgan fingerprint density at radius 3 is 2.27 bits per heavy atom. The van der Waals surface area contributed by atoms with Crippen LogP contribution in [0.1, 0.15) is 109 Å². The summed E-state index contributed by atoms with van der Waals surface area (Å²) < 4.78 is 5.86. The van der Waals surface area contributed by atoms with Crippen molar-refractivity contribution in [1.29, 1.82) is 0 Å². The Morgan fingerprint density at radius 1 is 0.933 bits per heavy atom. The summed E-state index contributed by atoms with van der Waals surface area (Å²) in [6, 6.07) is 6.83. The van der Waals surface area contributed by atoms with Crippen molar-refractivity contribution in [3.63, 3.8) is 0 Å². The van der Waals surface area contributed by atoms with E-state index in [4.69, 9.17) is 4.74 Å². The van der Waals surface area contributed by atoms with E-state index in [0.29, 0.717) is 12.5 Å². The predicted octanol–water partition coefficient (Wildman–Crippen LogP) is 7.10. The van der Waals surface area contributed by atoms with Crippen LogP contribution in [0.25, 0.3) is 0 Å². The Morgan fingerprint density at radius 2 is 1.60 bits per heavy atom. The van der Waals surface area contributed by atoms with E-state index < -0.39 is 0 Å². The van der Waals surface area contributed by atoms with Crippen molar-refractivity contribution in [2.45, 2.75) is 117 Å². The maximum absolute atomic E-state index is 12.5. The van der Waals surface area contributed by atoms with Crippen LogP contribution in [-0.4, -0.2) is 30.0 Å². The molecule has 0 fully saturated rings.